The molecular formula is C11H15ClFNS. The molecular weight excluding hydrogens is 233 g/mol. The van der Waals surface area contributed by atoms with Gasteiger partial charge in [0.1, 0.15) is 5.82 Å². The Morgan fingerprint density at radius 1 is 1.40 bits per heavy atom. The Morgan fingerprint density at radius 3 is 2.67 bits per heavy atom. The normalized spacial score (nSPS) is 10.7. The fourth-order valence-electron chi connectivity index (χ4n) is 1.43. The molecule has 1 nitrogen and oxygen atoms in total. The number of hydrogen-bond donors (Lipinski definition) is 1. The minimum atomic E-state index is -0.224. The number of hydrogen-bond acceptors (Lipinski definition) is 2. The third-order valence-electron chi connectivity index (χ3n) is 2.18. The molecule has 0 bridgehead atoms. The van der Waals surface area contributed by atoms with Crippen LogP contribution in [0.4, 0.5) is 4.39 Å². The first-order valence-corrected chi connectivity index (χ1v) is 6.51. The molecule has 0 atom stereocenters. The highest BCUT2D eigenvalue weighted by Crippen LogP contribution is 2.29. The van der Waals surface area contributed by atoms with E-state index in [1.165, 1.54) is 11.8 Å². The summed E-state index contributed by atoms with van der Waals surface area (Å²) in [5, 5.41) is 0.505. The lowest BCUT2D eigenvalue weighted by molar-refractivity contribution is 0.598. The summed E-state index contributed by atoms with van der Waals surface area (Å²) in [5.41, 5.74) is 6.34. The number of nitrogens with two attached hydrogens (primary N) is 1. The van der Waals surface area contributed by atoms with Crippen LogP contribution in [0.3, 0.4) is 0 Å². The summed E-state index contributed by atoms with van der Waals surface area (Å²) >= 11 is 7.29. The lowest BCUT2D eigenvalue weighted by Gasteiger charge is -2.06. The Morgan fingerprint density at radius 2 is 2.13 bits per heavy atom. The van der Waals surface area contributed by atoms with E-state index in [2.05, 4.69) is 0 Å². The molecule has 0 amide bonds. The van der Waals surface area contributed by atoms with Crippen molar-refractivity contribution in [2.24, 2.45) is 5.73 Å². The lowest BCUT2D eigenvalue weighted by Crippen LogP contribution is -1.99. The second-order valence-corrected chi connectivity index (χ2v) is 4.56. The highest BCUT2D eigenvalue weighted by atomic mass is 35.5. The van der Waals surface area contributed by atoms with Crippen LogP contribution in [0.25, 0.3) is 0 Å². The van der Waals surface area contributed by atoms with Gasteiger partial charge in [-0.15, -0.1) is 11.8 Å². The fourth-order valence-corrected chi connectivity index (χ4v) is 2.39. The number of halogens is 2. The highest BCUT2D eigenvalue weighted by molar-refractivity contribution is 7.98. The molecule has 1 aromatic rings. The number of benzene rings is 1. The molecule has 1 rings (SSSR count). The van der Waals surface area contributed by atoms with Crippen molar-refractivity contribution in [3.63, 3.8) is 0 Å². The predicted molar refractivity (Wildman–Crippen MR) is 65.2 cm³/mol. The van der Waals surface area contributed by atoms with E-state index in [-0.39, 0.29) is 5.82 Å². The smallest absolute Gasteiger partial charge is 0.138 e. The van der Waals surface area contributed by atoms with Crippen LogP contribution in [0.1, 0.15) is 18.4 Å². The minimum absolute atomic E-state index is 0.224. The summed E-state index contributed by atoms with van der Waals surface area (Å²) < 4.78 is 13.5. The Balaban J connectivity index is 2.75. The summed E-state index contributed by atoms with van der Waals surface area (Å²) in [6, 6.07) is 3.40. The van der Waals surface area contributed by atoms with E-state index < -0.39 is 0 Å². The Hall–Kier alpha value is -0.250. The van der Waals surface area contributed by atoms with Crippen LogP contribution >= 0.6 is 23.4 Å². The van der Waals surface area contributed by atoms with Crippen molar-refractivity contribution in [2.45, 2.75) is 24.2 Å². The first-order chi connectivity index (χ1) is 7.19. The third-order valence-corrected chi connectivity index (χ3v) is 3.42. The molecule has 2 N–H and O–H groups in total. The maximum Gasteiger partial charge on any atom is 0.138 e. The van der Waals surface area contributed by atoms with Gasteiger partial charge >= 0.3 is 0 Å². The number of thioether (sulfide) groups is 1. The number of rotatable bonds is 5. The Bertz CT molecular complexity index is 307. The number of unbranched alkanes of at least 4 members (excludes halogenated alkanes) is 1. The molecule has 0 aliphatic carbocycles. The minimum Gasteiger partial charge on any atom is -0.330 e. The van der Waals surface area contributed by atoms with Gasteiger partial charge in [0.15, 0.2) is 0 Å². The number of aryl methyl sites for hydroxylation is 1. The molecule has 0 heterocycles. The molecule has 0 spiro atoms. The van der Waals surface area contributed by atoms with Crippen LogP contribution in [-0.4, -0.2) is 12.8 Å². The zero-order chi connectivity index (χ0) is 11.3. The molecule has 0 saturated carbocycles. The highest BCUT2D eigenvalue weighted by Gasteiger charge is 2.08. The molecule has 0 aliphatic heterocycles. The zero-order valence-corrected chi connectivity index (χ0v) is 10.3. The van der Waals surface area contributed by atoms with Crippen molar-refractivity contribution in [1.82, 2.24) is 0 Å². The molecule has 0 aromatic heterocycles. The second-order valence-electron chi connectivity index (χ2n) is 3.34. The Labute approximate surface area is 99.2 Å². The molecule has 1 aromatic carbocycles. The van der Waals surface area contributed by atoms with E-state index in [0.29, 0.717) is 16.5 Å². The fraction of sp³-hybridized carbons (Fsp3) is 0.455. The summed E-state index contributed by atoms with van der Waals surface area (Å²) in [6.45, 7) is 0.680. The van der Waals surface area contributed by atoms with Gasteiger partial charge < -0.3 is 5.73 Å². The van der Waals surface area contributed by atoms with Crippen molar-refractivity contribution >= 4 is 23.4 Å². The van der Waals surface area contributed by atoms with Gasteiger partial charge in [-0.05, 0) is 49.8 Å². The molecule has 0 unspecified atom stereocenters. The lowest BCUT2D eigenvalue weighted by atomic mass is 10.1. The van der Waals surface area contributed by atoms with Gasteiger partial charge in [-0.1, -0.05) is 11.6 Å². The molecule has 15 heavy (non-hydrogen) atoms. The maximum atomic E-state index is 13.5. The third kappa shape index (κ3) is 3.67. The van der Waals surface area contributed by atoms with Gasteiger partial charge in [-0.3, -0.25) is 0 Å². The molecule has 0 aliphatic rings. The van der Waals surface area contributed by atoms with Crippen LogP contribution in [-0.2, 0) is 6.42 Å². The molecule has 0 fully saturated rings. The summed E-state index contributed by atoms with van der Waals surface area (Å²) in [7, 11) is 0. The van der Waals surface area contributed by atoms with Crippen molar-refractivity contribution in [3.8, 4) is 0 Å². The van der Waals surface area contributed by atoms with Gasteiger partial charge in [0, 0.05) is 0 Å². The van der Waals surface area contributed by atoms with E-state index >= 15 is 0 Å². The van der Waals surface area contributed by atoms with Crippen molar-refractivity contribution in [1.29, 1.82) is 0 Å². The molecule has 84 valence electrons. The van der Waals surface area contributed by atoms with Crippen LogP contribution < -0.4 is 5.73 Å². The van der Waals surface area contributed by atoms with Crippen molar-refractivity contribution in [3.05, 3.63) is 28.5 Å². The van der Waals surface area contributed by atoms with Gasteiger partial charge in [0.05, 0.1) is 9.92 Å². The average Bonchev–Trinajstić information content (AvgIpc) is 2.18. The topological polar surface area (TPSA) is 26.0 Å². The van der Waals surface area contributed by atoms with Gasteiger partial charge in [-0.25, -0.2) is 4.39 Å². The van der Waals surface area contributed by atoms with E-state index in [1.54, 1.807) is 6.07 Å². The van der Waals surface area contributed by atoms with E-state index in [0.717, 1.165) is 24.8 Å². The van der Waals surface area contributed by atoms with Crippen LogP contribution in [0.2, 0.25) is 5.02 Å². The molecule has 0 radical (unpaired) electrons. The quantitative estimate of drug-likeness (QED) is 0.637. The standard InChI is InChI=1S/C11H15ClFNS/c1-15-11-9(12)6-8(7-10(11)13)4-2-3-5-14/h6-7H,2-5,14H2,1H3. The van der Waals surface area contributed by atoms with Gasteiger partial charge in [0.25, 0.3) is 0 Å². The van der Waals surface area contributed by atoms with E-state index in [1.807, 2.05) is 12.3 Å². The van der Waals surface area contributed by atoms with Crippen LogP contribution in [0.5, 0.6) is 0 Å². The summed E-state index contributed by atoms with van der Waals surface area (Å²) in [5.74, 6) is -0.224. The zero-order valence-electron chi connectivity index (χ0n) is 8.72. The van der Waals surface area contributed by atoms with Crippen molar-refractivity contribution < 1.29 is 4.39 Å². The van der Waals surface area contributed by atoms with Crippen LogP contribution in [0, 0.1) is 5.82 Å². The van der Waals surface area contributed by atoms with Gasteiger partial charge in [-0.2, -0.15) is 0 Å². The molecule has 4 heteroatoms. The Kier molecular flexibility index (Phi) is 5.43. The van der Waals surface area contributed by atoms with Crippen LogP contribution in [0.15, 0.2) is 17.0 Å². The second kappa shape index (κ2) is 6.36. The maximum absolute atomic E-state index is 13.5. The summed E-state index contributed by atoms with van der Waals surface area (Å²) in [4.78, 5) is 0.527. The first kappa shape index (κ1) is 12.8. The van der Waals surface area contributed by atoms with Gasteiger partial charge in [0.2, 0.25) is 0 Å². The first-order valence-electron chi connectivity index (χ1n) is 4.91. The van der Waals surface area contributed by atoms with E-state index in [4.69, 9.17) is 17.3 Å². The summed E-state index contributed by atoms with van der Waals surface area (Å²) in [6.07, 6.45) is 4.59. The monoisotopic (exact) mass is 247 g/mol. The average molecular weight is 248 g/mol. The predicted octanol–water partition coefficient (Wildman–Crippen LogP) is 3.48. The molecule has 0 saturated heterocycles. The van der Waals surface area contributed by atoms with E-state index in [9.17, 15) is 4.39 Å². The van der Waals surface area contributed by atoms with Crippen molar-refractivity contribution in [2.75, 3.05) is 12.8 Å². The SMILES string of the molecule is CSc1c(F)cc(CCCCN)cc1Cl. The largest absolute Gasteiger partial charge is 0.330 e.